The number of hydrogen-bond acceptors (Lipinski definition) is 3. The summed E-state index contributed by atoms with van der Waals surface area (Å²) in [5.74, 6) is 0.737. The highest BCUT2D eigenvalue weighted by atomic mass is 35.5. The predicted molar refractivity (Wildman–Crippen MR) is 71.8 cm³/mol. The quantitative estimate of drug-likeness (QED) is 0.475. The molecule has 0 heterocycles. The van der Waals surface area contributed by atoms with Crippen molar-refractivity contribution in [2.75, 3.05) is 40.0 Å². The molecule has 0 aliphatic heterocycles. The minimum atomic E-state index is 0. The van der Waals surface area contributed by atoms with E-state index < -0.39 is 0 Å². The van der Waals surface area contributed by atoms with Gasteiger partial charge in [-0.25, -0.2) is 0 Å². The largest absolute Gasteiger partial charge is 1.00 e. The van der Waals surface area contributed by atoms with E-state index in [9.17, 15) is 0 Å². The number of halogens is 1. The number of nitrogen functional groups attached to an aromatic ring is 1. The van der Waals surface area contributed by atoms with Crippen molar-refractivity contribution in [3.05, 3.63) is 23.8 Å². The Balaban J connectivity index is 0.00000289. The van der Waals surface area contributed by atoms with Crippen LogP contribution in [0.25, 0.3) is 0 Å². The summed E-state index contributed by atoms with van der Waals surface area (Å²) in [6, 6.07) is 5.98. The van der Waals surface area contributed by atoms with Crippen LogP contribution in [-0.2, 0) is 6.54 Å². The van der Waals surface area contributed by atoms with E-state index in [4.69, 9.17) is 16.2 Å². The van der Waals surface area contributed by atoms with Crippen LogP contribution in [0.15, 0.2) is 18.2 Å². The third-order valence-electron chi connectivity index (χ3n) is 2.87. The lowest BCUT2D eigenvalue weighted by molar-refractivity contribution is -0.903. The molecule has 0 bridgehead atoms. The van der Waals surface area contributed by atoms with Crippen LogP contribution >= 0.6 is 0 Å². The molecule has 18 heavy (non-hydrogen) atoms. The van der Waals surface area contributed by atoms with Gasteiger partial charge in [0.15, 0.2) is 0 Å². The maximum Gasteiger partial charge on any atom is 0.141 e. The normalized spacial score (nSPS) is 10.9. The Morgan fingerprint density at radius 1 is 1.28 bits per heavy atom. The Bertz CT molecular complexity index is 369. The number of rotatable bonds is 6. The van der Waals surface area contributed by atoms with E-state index in [2.05, 4.69) is 20.2 Å². The van der Waals surface area contributed by atoms with E-state index in [0.717, 1.165) is 36.3 Å². The summed E-state index contributed by atoms with van der Waals surface area (Å²) in [5, 5.41) is 0. The summed E-state index contributed by atoms with van der Waals surface area (Å²) < 4.78 is 6.07. The Morgan fingerprint density at radius 3 is 2.44 bits per heavy atom. The molecular weight excluding hydrogens is 250 g/mol. The summed E-state index contributed by atoms with van der Waals surface area (Å²) in [7, 11) is 6.04. The molecule has 5 heteroatoms. The van der Waals surface area contributed by atoms with E-state index in [1.54, 1.807) is 7.11 Å². The van der Waals surface area contributed by atoms with Crippen molar-refractivity contribution in [1.29, 1.82) is 0 Å². The van der Waals surface area contributed by atoms with Gasteiger partial charge in [0.25, 0.3) is 0 Å². The molecule has 4 nitrogen and oxygen atoms in total. The topological polar surface area (TPSA) is 61.3 Å². The third-order valence-corrected chi connectivity index (χ3v) is 2.87. The molecule has 1 aromatic carbocycles. The molecule has 1 aromatic rings. The first-order valence-electron chi connectivity index (χ1n) is 5.93. The molecule has 0 aliphatic rings. The van der Waals surface area contributed by atoms with Crippen LogP contribution in [0, 0.1) is 0 Å². The van der Waals surface area contributed by atoms with Crippen molar-refractivity contribution in [3.63, 3.8) is 0 Å². The number of nitrogens with zero attached hydrogens (tertiary/aromatic N) is 1. The minimum Gasteiger partial charge on any atom is -1.00 e. The van der Waals surface area contributed by atoms with Crippen LogP contribution in [0.1, 0.15) is 12.0 Å². The van der Waals surface area contributed by atoms with Gasteiger partial charge in [0.05, 0.1) is 33.4 Å². The van der Waals surface area contributed by atoms with Crippen LogP contribution in [0.3, 0.4) is 0 Å². The van der Waals surface area contributed by atoms with E-state index in [1.807, 2.05) is 12.1 Å². The molecule has 0 atom stereocenters. The average molecular weight is 274 g/mol. The average Bonchev–Trinajstić information content (AvgIpc) is 2.26. The number of ether oxygens (including phenoxy) is 1. The molecule has 0 amide bonds. The van der Waals surface area contributed by atoms with Crippen LogP contribution < -0.4 is 28.6 Å². The molecule has 0 unspecified atom stereocenters. The second kappa shape index (κ2) is 7.46. The lowest BCUT2D eigenvalue weighted by atomic mass is 10.1. The van der Waals surface area contributed by atoms with Gasteiger partial charge >= 0.3 is 0 Å². The lowest BCUT2D eigenvalue weighted by Gasteiger charge is -2.30. The summed E-state index contributed by atoms with van der Waals surface area (Å²) >= 11 is 0. The van der Waals surface area contributed by atoms with Gasteiger partial charge in [-0.1, -0.05) is 0 Å². The molecule has 1 rings (SSSR count). The van der Waals surface area contributed by atoms with Crippen molar-refractivity contribution >= 4 is 5.69 Å². The van der Waals surface area contributed by atoms with Gasteiger partial charge in [0.2, 0.25) is 0 Å². The smallest absolute Gasteiger partial charge is 0.141 e. The van der Waals surface area contributed by atoms with Gasteiger partial charge in [-0.3, -0.25) is 0 Å². The van der Waals surface area contributed by atoms with E-state index >= 15 is 0 Å². The molecule has 0 saturated carbocycles. The van der Waals surface area contributed by atoms with Crippen molar-refractivity contribution in [2.24, 2.45) is 5.73 Å². The Labute approximate surface area is 116 Å². The highest BCUT2D eigenvalue weighted by molar-refractivity contribution is 5.54. The first kappa shape index (κ1) is 17.0. The van der Waals surface area contributed by atoms with Gasteiger partial charge in [0, 0.05) is 12.0 Å². The number of anilines is 1. The van der Waals surface area contributed by atoms with Crippen LogP contribution in [0.2, 0.25) is 0 Å². The summed E-state index contributed by atoms with van der Waals surface area (Å²) in [5.41, 5.74) is 13.4. The molecule has 4 N–H and O–H groups in total. The fourth-order valence-electron chi connectivity index (χ4n) is 1.97. The summed E-state index contributed by atoms with van der Waals surface area (Å²) in [4.78, 5) is 0. The second-order valence-electron chi connectivity index (χ2n) is 5.04. The fraction of sp³-hybridized carbons (Fsp3) is 0.538. The maximum atomic E-state index is 5.90. The first-order valence-corrected chi connectivity index (χ1v) is 5.93. The number of hydrogen-bond donors (Lipinski definition) is 2. The van der Waals surface area contributed by atoms with Crippen molar-refractivity contribution in [1.82, 2.24) is 0 Å². The Hall–Kier alpha value is -0.970. The van der Waals surface area contributed by atoms with Gasteiger partial charge in [-0.15, -0.1) is 0 Å². The van der Waals surface area contributed by atoms with Gasteiger partial charge < -0.3 is 33.1 Å². The lowest BCUT2D eigenvalue weighted by Crippen LogP contribution is -3.00. The van der Waals surface area contributed by atoms with Crippen LogP contribution in [-0.4, -0.2) is 38.8 Å². The maximum absolute atomic E-state index is 5.90. The highest BCUT2D eigenvalue weighted by Gasteiger charge is 2.15. The standard InChI is InChI=1S/C13H24N3O.ClH/c1-16(2,8-4-7-14)10-11-5-6-13(17-3)12(15)9-11;/h5-6,9H,4,7-8,10,14-15H2,1-3H3;1H/q+1;/p-1. The first-order chi connectivity index (χ1) is 7.98. The number of benzene rings is 1. The van der Waals surface area contributed by atoms with Crippen LogP contribution in [0.4, 0.5) is 5.69 Å². The summed E-state index contributed by atoms with van der Waals surface area (Å²) in [6.07, 6.45) is 1.04. The molecule has 0 aromatic heterocycles. The van der Waals surface area contributed by atoms with Crippen molar-refractivity contribution in [2.45, 2.75) is 13.0 Å². The zero-order valence-corrected chi connectivity index (χ0v) is 12.2. The number of nitrogens with two attached hydrogens (primary N) is 2. The molecule has 0 fully saturated rings. The minimum absolute atomic E-state index is 0. The van der Waals surface area contributed by atoms with Crippen molar-refractivity contribution < 1.29 is 21.6 Å². The Morgan fingerprint density at radius 2 is 1.94 bits per heavy atom. The SMILES string of the molecule is COc1ccc(C[N+](C)(C)CCCN)cc1N.[Cl-]. The number of quaternary nitrogens is 1. The molecule has 0 spiro atoms. The molecular formula is C13H24ClN3O. The third kappa shape index (κ3) is 5.12. The van der Waals surface area contributed by atoms with Gasteiger partial charge in [-0.05, 0) is 24.7 Å². The number of methoxy groups -OCH3 is 1. The highest BCUT2D eigenvalue weighted by Crippen LogP contribution is 2.23. The zero-order valence-electron chi connectivity index (χ0n) is 11.4. The van der Waals surface area contributed by atoms with Gasteiger partial charge in [0.1, 0.15) is 12.3 Å². The van der Waals surface area contributed by atoms with E-state index in [1.165, 1.54) is 5.56 Å². The molecule has 0 saturated heterocycles. The molecule has 0 aliphatic carbocycles. The van der Waals surface area contributed by atoms with Crippen LogP contribution in [0.5, 0.6) is 5.75 Å². The molecule has 104 valence electrons. The zero-order chi connectivity index (χ0) is 12.9. The van der Waals surface area contributed by atoms with Gasteiger partial charge in [-0.2, -0.15) is 0 Å². The van der Waals surface area contributed by atoms with E-state index in [0.29, 0.717) is 5.69 Å². The fourth-order valence-corrected chi connectivity index (χ4v) is 1.97. The van der Waals surface area contributed by atoms with E-state index in [-0.39, 0.29) is 12.4 Å². The summed E-state index contributed by atoms with van der Waals surface area (Å²) in [6.45, 7) is 2.77. The predicted octanol–water partition coefficient (Wildman–Crippen LogP) is -1.79. The Kier molecular flexibility index (Phi) is 7.06. The second-order valence-corrected chi connectivity index (χ2v) is 5.04. The molecule has 0 radical (unpaired) electrons. The van der Waals surface area contributed by atoms with Crippen molar-refractivity contribution in [3.8, 4) is 5.75 Å². The monoisotopic (exact) mass is 273 g/mol.